The van der Waals surface area contributed by atoms with E-state index in [1.165, 1.54) is 0 Å². The van der Waals surface area contributed by atoms with Crippen molar-refractivity contribution in [2.45, 2.75) is 26.8 Å². The summed E-state index contributed by atoms with van der Waals surface area (Å²) in [5.74, 6) is 1.66. The van der Waals surface area contributed by atoms with Crippen molar-refractivity contribution < 1.29 is 4.74 Å². The second-order valence-corrected chi connectivity index (χ2v) is 4.57. The summed E-state index contributed by atoms with van der Waals surface area (Å²) in [6.45, 7) is 6.03. The van der Waals surface area contributed by atoms with Gasteiger partial charge in [-0.25, -0.2) is 0 Å². The summed E-state index contributed by atoms with van der Waals surface area (Å²) in [5.41, 5.74) is 2.26. The van der Waals surface area contributed by atoms with Gasteiger partial charge in [-0.2, -0.15) is 0 Å². The molecule has 0 amide bonds. The van der Waals surface area contributed by atoms with Gasteiger partial charge in [0.05, 0.1) is 6.20 Å². The molecule has 19 heavy (non-hydrogen) atoms. The third-order valence-electron chi connectivity index (χ3n) is 2.85. The van der Waals surface area contributed by atoms with Crippen LogP contribution in [0.15, 0.2) is 42.7 Å². The van der Waals surface area contributed by atoms with E-state index in [2.05, 4.69) is 17.2 Å². The first-order valence-corrected chi connectivity index (χ1v) is 6.67. The van der Waals surface area contributed by atoms with E-state index < -0.39 is 0 Å². The van der Waals surface area contributed by atoms with Crippen LogP contribution in [0.2, 0.25) is 0 Å². The quantitative estimate of drug-likeness (QED) is 0.800. The predicted molar refractivity (Wildman–Crippen MR) is 77.5 cm³/mol. The lowest BCUT2D eigenvalue weighted by atomic mass is 10.2. The molecule has 0 bridgehead atoms. The Morgan fingerprint density at radius 2 is 2.05 bits per heavy atom. The number of aromatic nitrogens is 1. The number of aryl methyl sites for hydroxylation is 1. The third kappa shape index (κ3) is 4.07. The summed E-state index contributed by atoms with van der Waals surface area (Å²) in [6.07, 6.45) is 4.75. The first kappa shape index (κ1) is 13.6. The zero-order valence-corrected chi connectivity index (χ0v) is 11.5. The minimum absolute atomic E-state index is 0.782. The molecule has 0 saturated carbocycles. The fourth-order valence-electron chi connectivity index (χ4n) is 1.82. The summed E-state index contributed by atoms with van der Waals surface area (Å²) < 4.78 is 5.87. The number of nitrogens with zero attached hydrogens (tertiary/aromatic N) is 1. The lowest BCUT2D eigenvalue weighted by Crippen LogP contribution is -2.13. The lowest BCUT2D eigenvalue weighted by Gasteiger charge is -2.09. The Morgan fingerprint density at radius 3 is 2.84 bits per heavy atom. The second kappa shape index (κ2) is 6.90. The molecule has 2 rings (SSSR count). The van der Waals surface area contributed by atoms with E-state index in [0.29, 0.717) is 0 Å². The van der Waals surface area contributed by atoms with E-state index in [0.717, 1.165) is 42.1 Å². The number of rotatable bonds is 6. The summed E-state index contributed by atoms with van der Waals surface area (Å²) in [6, 6.07) is 10.0. The zero-order valence-electron chi connectivity index (χ0n) is 11.5. The van der Waals surface area contributed by atoms with Gasteiger partial charge in [-0.15, -0.1) is 0 Å². The lowest BCUT2D eigenvalue weighted by molar-refractivity contribution is 0.475. The van der Waals surface area contributed by atoms with Gasteiger partial charge in [-0.1, -0.05) is 25.1 Å². The monoisotopic (exact) mass is 256 g/mol. The van der Waals surface area contributed by atoms with Gasteiger partial charge < -0.3 is 10.1 Å². The average Bonchev–Trinajstić information content (AvgIpc) is 2.42. The second-order valence-electron chi connectivity index (χ2n) is 4.57. The van der Waals surface area contributed by atoms with Crippen molar-refractivity contribution in [3.05, 3.63) is 53.9 Å². The molecule has 0 unspecified atom stereocenters. The summed E-state index contributed by atoms with van der Waals surface area (Å²) >= 11 is 0. The Kier molecular flexibility index (Phi) is 4.93. The topological polar surface area (TPSA) is 34.2 Å². The van der Waals surface area contributed by atoms with Gasteiger partial charge in [0.2, 0.25) is 0 Å². The van der Waals surface area contributed by atoms with Crippen LogP contribution in [0.3, 0.4) is 0 Å². The van der Waals surface area contributed by atoms with Crippen molar-refractivity contribution in [2.75, 3.05) is 6.54 Å². The maximum atomic E-state index is 5.87. The molecule has 0 saturated heterocycles. The molecular weight excluding hydrogens is 236 g/mol. The van der Waals surface area contributed by atoms with E-state index in [-0.39, 0.29) is 0 Å². The van der Waals surface area contributed by atoms with E-state index in [1.807, 2.05) is 43.5 Å². The SMILES string of the molecule is CCCNCc1cncc(Oc2ccccc2C)c1. The van der Waals surface area contributed by atoms with Gasteiger partial charge in [-0.05, 0) is 43.1 Å². The largest absolute Gasteiger partial charge is 0.455 e. The van der Waals surface area contributed by atoms with Gasteiger partial charge in [0, 0.05) is 12.7 Å². The van der Waals surface area contributed by atoms with Crippen molar-refractivity contribution >= 4 is 0 Å². The number of hydrogen-bond donors (Lipinski definition) is 1. The highest BCUT2D eigenvalue weighted by molar-refractivity contribution is 5.36. The summed E-state index contributed by atoms with van der Waals surface area (Å²) in [4.78, 5) is 4.22. The molecule has 0 aliphatic carbocycles. The highest BCUT2D eigenvalue weighted by Crippen LogP contribution is 2.24. The molecule has 3 heteroatoms. The van der Waals surface area contributed by atoms with Crippen LogP contribution in [-0.4, -0.2) is 11.5 Å². The van der Waals surface area contributed by atoms with Crippen molar-refractivity contribution in [2.24, 2.45) is 0 Å². The first-order valence-electron chi connectivity index (χ1n) is 6.67. The summed E-state index contributed by atoms with van der Waals surface area (Å²) in [7, 11) is 0. The highest BCUT2D eigenvalue weighted by Gasteiger charge is 2.02. The van der Waals surface area contributed by atoms with Crippen LogP contribution < -0.4 is 10.1 Å². The maximum Gasteiger partial charge on any atom is 0.146 e. The van der Waals surface area contributed by atoms with Gasteiger partial charge in [0.25, 0.3) is 0 Å². The van der Waals surface area contributed by atoms with Crippen LogP contribution in [0.5, 0.6) is 11.5 Å². The van der Waals surface area contributed by atoms with Crippen molar-refractivity contribution in [1.29, 1.82) is 0 Å². The van der Waals surface area contributed by atoms with Gasteiger partial charge in [-0.3, -0.25) is 4.98 Å². The van der Waals surface area contributed by atoms with Crippen LogP contribution >= 0.6 is 0 Å². The number of nitrogens with one attached hydrogen (secondary N) is 1. The van der Waals surface area contributed by atoms with Gasteiger partial charge in [0.1, 0.15) is 11.5 Å². The minimum atomic E-state index is 0.782. The number of ether oxygens (including phenoxy) is 1. The predicted octanol–water partition coefficient (Wildman–Crippen LogP) is 3.68. The number of benzene rings is 1. The van der Waals surface area contributed by atoms with Crippen LogP contribution in [0.25, 0.3) is 0 Å². The molecule has 0 atom stereocenters. The van der Waals surface area contributed by atoms with E-state index in [9.17, 15) is 0 Å². The van der Waals surface area contributed by atoms with Crippen LogP contribution in [0, 0.1) is 6.92 Å². The van der Waals surface area contributed by atoms with Gasteiger partial charge in [0.15, 0.2) is 0 Å². The fourth-order valence-corrected chi connectivity index (χ4v) is 1.82. The summed E-state index contributed by atoms with van der Waals surface area (Å²) in [5, 5.41) is 3.36. The molecule has 0 fully saturated rings. The number of para-hydroxylation sites is 1. The molecule has 0 spiro atoms. The van der Waals surface area contributed by atoms with E-state index in [4.69, 9.17) is 4.74 Å². The Morgan fingerprint density at radius 1 is 1.21 bits per heavy atom. The molecule has 100 valence electrons. The molecule has 1 heterocycles. The number of pyridine rings is 1. The van der Waals surface area contributed by atoms with Crippen LogP contribution in [0.4, 0.5) is 0 Å². The van der Waals surface area contributed by atoms with Crippen molar-refractivity contribution in [1.82, 2.24) is 10.3 Å². The van der Waals surface area contributed by atoms with Crippen molar-refractivity contribution in [3.63, 3.8) is 0 Å². The molecule has 0 radical (unpaired) electrons. The Bertz CT molecular complexity index is 526. The minimum Gasteiger partial charge on any atom is -0.455 e. The van der Waals surface area contributed by atoms with Gasteiger partial charge >= 0.3 is 0 Å². The first-order chi connectivity index (χ1) is 9.29. The van der Waals surface area contributed by atoms with E-state index >= 15 is 0 Å². The molecule has 0 aliphatic rings. The molecule has 0 aliphatic heterocycles. The molecule has 2 aromatic rings. The maximum absolute atomic E-state index is 5.87. The molecule has 1 aromatic carbocycles. The Hall–Kier alpha value is -1.87. The molecule has 1 aromatic heterocycles. The Balaban J connectivity index is 2.05. The third-order valence-corrected chi connectivity index (χ3v) is 2.85. The molecular formula is C16H20N2O. The Labute approximate surface area is 114 Å². The molecule has 1 N–H and O–H groups in total. The number of hydrogen-bond acceptors (Lipinski definition) is 3. The highest BCUT2D eigenvalue weighted by atomic mass is 16.5. The average molecular weight is 256 g/mol. The van der Waals surface area contributed by atoms with Crippen LogP contribution in [0.1, 0.15) is 24.5 Å². The van der Waals surface area contributed by atoms with Crippen molar-refractivity contribution in [3.8, 4) is 11.5 Å². The smallest absolute Gasteiger partial charge is 0.146 e. The van der Waals surface area contributed by atoms with E-state index in [1.54, 1.807) is 6.20 Å². The zero-order chi connectivity index (χ0) is 13.5. The van der Waals surface area contributed by atoms with Crippen LogP contribution in [-0.2, 0) is 6.54 Å². The fraction of sp³-hybridized carbons (Fsp3) is 0.312. The standard InChI is InChI=1S/C16H20N2O/c1-3-8-17-10-14-9-15(12-18-11-14)19-16-7-5-4-6-13(16)2/h4-7,9,11-12,17H,3,8,10H2,1-2H3. The molecule has 3 nitrogen and oxygen atoms in total. The normalized spacial score (nSPS) is 10.4.